The smallest absolute Gasteiger partial charge is 0.349 e. The number of nitrogens with two attached hydrogens (primary N) is 1. The molecule has 0 aliphatic carbocycles. The van der Waals surface area contributed by atoms with Gasteiger partial charge in [0.1, 0.15) is 41.3 Å². The predicted octanol–water partition coefficient (Wildman–Crippen LogP) is 6.74. The molecule has 1 atom stereocenters. The van der Waals surface area contributed by atoms with Gasteiger partial charge in [0.25, 0.3) is 0 Å². The van der Waals surface area contributed by atoms with E-state index in [4.69, 9.17) is 29.4 Å². The Labute approximate surface area is 255 Å². The lowest BCUT2D eigenvalue weighted by Crippen LogP contribution is -2.22. The maximum atomic E-state index is 14.1. The molecular formula is C35H31FN2O6. The van der Waals surface area contributed by atoms with Crippen LogP contribution >= 0.6 is 0 Å². The average Bonchev–Trinajstić information content (AvgIpc) is 3.02. The summed E-state index contributed by atoms with van der Waals surface area (Å²) < 4.78 is 42.3. The molecule has 1 unspecified atom stereocenters. The number of hydrogen-bond donors (Lipinski definition) is 1. The standard InChI is InChI=1S/C35H31FN2O6/c1-21(2)22-8-11-25(12-9-22)41-20-33(39)43-26-13-14-27-31(17-26)44-35(38)28(18-37)34(27)23-10-15-30(32(16-23)40-3)42-19-24-6-4-5-7-29(24)36/h4-17,21,34H,19-20,38H2,1-3H3. The maximum Gasteiger partial charge on any atom is 0.349 e. The van der Waals surface area contributed by atoms with Crippen LogP contribution < -0.4 is 29.4 Å². The van der Waals surface area contributed by atoms with Crippen LogP contribution in [0.1, 0.15) is 47.9 Å². The molecule has 0 spiro atoms. The molecule has 4 aromatic carbocycles. The van der Waals surface area contributed by atoms with Gasteiger partial charge in [0.15, 0.2) is 18.1 Å². The van der Waals surface area contributed by atoms with E-state index in [-0.39, 0.29) is 36.2 Å². The highest BCUT2D eigenvalue weighted by molar-refractivity contribution is 5.74. The van der Waals surface area contributed by atoms with Crippen molar-refractivity contribution in [2.24, 2.45) is 5.73 Å². The number of benzene rings is 4. The van der Waals surface area contributed by atoms with Gasteiger partial charge in [-0.05, 0) is 53.4 Å². The molecule has 0 saturated heterocycles. The normalized spacial score (nSPS) is 13.9. The third-order valence-corrected chi connectivity index (χ3v) is 7.19. The fourth-order valence-electron chi connectivity index (χ4n) is 4.85. The first kappa shape index (κ1) is 30.0. The van der Waals surface area contributed by atoms with Crippen LogP contribution in [-0.4, -0.2) is 19.7 Å². The van der Waals surface area contributed by atoms with Gasteiger partial charge in [-0.3, -0.25) is 0 Å². The summed E-state index contributed by atoms with van der Waals surface area (Å²) in [4.78, 5) is 12.5. The molecule has 1 aliphatic heterocycles. The minimum absolute atomic E-state index is 0.00965. The van der Waals surface area contributed by atoms with Crippen LogP contribution in [0, 0.1) is 17.1 Å². The predicted molar refractivity (Wildman–Crippen MR) is 161 cm³/mol. The van der Waals surface area contributed by atoms with Crippen molar-refractivity contribution in [3.63, 3.8) is 0 Å². The van der Waals surface area contributed by atoms with Gasteiger partial charge in [0.2, 0.25) is 5.88 Å². The number of nitriles is 1. The second-order valence-electron chi connectivity index (χ2n) is 10.4. The van der Waals surface area contributed by atoms with Gasteiger partial charge < -0.3 is 29.4 Å². The van der Waals surface area contributed by atoms with E-state index in [0.29, 0.717) is 45.6 Å². The molecule has 0 fully saturated rings. The van der Waals surface area contributed by atoms with E-state index in [0.717, 1.165) is 0 Å². The summed E-state index contributed by atoms with van der Waals surface area (Å²) in [7, 11) is 1.49. The number of ether oxygens (including phenoxy) is 5. The lowest BCUT2D eigenvalue weighted by Gasteiger charge is -2.27. The van der Waals surface area contributed by atoms with Crippen LogP contribution in [0.15, 0.2) is 96.4 Å². The number of carbonyl (C=O) groups is 1. The summed E-state index contributed by atoms with van der Waals surface area (Å²) in [6, 6.07) is 26.1. The molecule has 1 aliphatic rings. The Balaban J connectivity index is 1.33. The summed E-state index contributed by atoms with van der Waals surface area (Å²) >= 11 is 0. The van der Waals surface area contributed by atoms with E-state index in [1.165, 1.54) is 18.7 Å². The first-order valence-electron chi connectivity index (χ1n) is 14.0. The SMILES string of the molecule is COc1cc(C2C(C#N)=C(N)Oc3cc(OC(=O)COc4ccc(C(C)C)cc4)ccc32)ccc1OCc1ccccc1F. The zero-order valence-corrected chi connectivity index (χ0v) is 24.5. The largest absolute Gasteiger partial charge is 0.493 e. The van der Waals surface area contributed by atoms with Crippen molar-refractivity contribution in [3.8, 4) is 34.8 Å². The third kappa shape index (κ3) is 6.60. The lowest BCUT2D eigenvalue weighted by atomic mass is 9.83. The molecule has 0 bridgehead atoms. The highest BCUT2D eigenvalue weighted by Gasteiger charge is 2.32. The Morgan fingerprint density at radius 1 is 0.977 bits per heavy atom. The second-order valence-corrected chi connectivity index (χ2v) is 10.4. The number of halogens is 1. The molecule has 0 amide bonds. The number of nitrogens with zero attached hydrogens (tertiary/aromatic N) is 1. The topological polar surface area (TPSA) is 113 Å². The molecule has 5 rings (SSSR count). The summed E-state index contributed by atoms with van der Waals surface area (Å²) in [5, 5.41) is 9.96. The summed E-state index contributed by atoms with van der Waals surface area (Å²) in [5.74, 6) is 0.687. The summed E-state index contributed by atoms with van der Waals surface area (Å²) in [5.41, 5.74) is 9.28. The Morgan fingerprint density at radius 2 is 1.73 bits per heavy atom. The van der Waals surface area contributed by atoms with Crippen LogP contribution in [0.5, 0.6) is 28.7 Å². The van der Waals surface area contributed by atoms with Crippen molar-refractivity contribution in [3.05, 3.63) is 124 Å². The van der Waals surface area contributed by atoms with E-state index < -0.39 is 11.9 Å². The summed E-state index contributed by atoms with van der Waals surface area (Å²) in [6.45, 7) is 3.92. The van der Waals surface area contributed by atoms with Gasteiger partial charge >= 0.3 is 5.97 Å². The zero-order valence-electron chi connectivity index (χ0n) is 24.5. The van der Waals surface area contributed by atoms with Gasteiger partial charge in [0.05, 0.1) is 13.0 Å². The molecule has 0 saturated carbocycles. The van der Waals surface area contributed by atoms with Gasteiger partial charge in [-0.2, -0.15) is 5.26 Å². The van der Waals surface area contributed by atoms with Crippen molar-refractivity contribution in [2.75, 3.05) is 13.7 Å². The van der Waals surface area contributed by atoms with Crippen molar-refractivity contribution < 1.29 is 32.9 Å². The van der Waals surface area contributed by atoms with Crippen molar-refractivity contribution >= 4 is 5.97 Å². The van der Waals surface area contributed by atoms with E-state index >= 15 is 0 Å². The molecular weight excluding hydrogens is 563 g/mol. The van der Waals surface area contributed by atoms with Crippen molar-refractivity contribution in [2.45, 2.75) is 32.3 Å². The molecule has 2 N–H and O–H groups in total. The minimum atomic E-state index is -0.597. The molecule has 4 aromatic rings. The number of carbonyl (C=O) groups excluding carboxylic acids is 1. The van der Waals surface area contributed by atoms with Gasteiger partial charge in [-0.1, -0.05) is 56.3 Å². The van der Waals surface area contributed by atoms with E-state index in [1.807, 2.05) is 24.3 Å². The van der Waals surface area contributed by atoms with Crippen LogP contribution in [0.25, 0.3) is 0 Å². The van der Waals surface area contributed by atoms with Crippen molar-refractivity contribution in [1.82, 2.24) is 0 Å². The molecule has 224 valence electrons. The monoisotopic (exact) mass is 594 g/mol. The fourth-order valence-corrected chi connectivity index (χ4v) is 4.85. The lowest BCUT2D eigenvalue weighted by molar-refractivity contribution is -0.136. The van der Waals surface area contributed by atoms with Crippen LogP contribution in [-0.2, 0) is 11.4 Å². The van der Waals surface area contributed by atoms with Gasteiger partial charge in [-0.25, -0.2) is 9.18 Å². The number of methoxy groups -OCH3 is 1. The van der Waals surface area contributed by atoms with Crippen LogP contribution in [0.3, 0.4) is 0 Å². The van der Waals surface area contributed by atoms with E-state index in [9.17, 15) is 14.4 Å². The number of allylic oxidation sites excluding steroid dienone is 1. The second kappa shape index (κ2) is 13.2. The Hall–Kier alpha value is -5.49. The highest BCUT2D eigenvalue weighted by Crippen LogP contribution is 2.45. The van der Waals surface area contributed by atoms with Crippen molar-refractivity contribution in [1.29, 1.82) is 5.26 Å². The average molecular weight is 595 g/mol. The Morgan fingerprint density at radius 3 is 2.43 bits per heavy atom. The van der Waals surface area contributed by atoms with E-state index in [1.54, 1.807) is 54.6 Å². The summed E-state index contributed by atoms with van der Waals surface area (Å²) in [6.07, 6.45) is 0. The Bertz CT molecular complexity index is 1740. The number of rotatable bonds is 10. The van der Waals surface area contributed by atoms with Crippen LogP contribution in [0.4, 0.5) is 4.39 Å². The molecule has 44 heavy (non-hydrogen) atoms. The van der Waals surface area contributed by atoms with Gasteiger partial charge in [0, 0.05) is 17.2 Å². The molecule has 0 radical (unpaired) electrons. The maximum absolute atomic E-state index is 14.1. The zero-order chi connectivity index (χ0) is 31.2. The molecule has 1 heterocycles. The van der Waals surface area contributed by atoms with E-state index in [2.05, 4.69) is 19.9 Å². The molecule has 8 nitrogen and oxygen atoms in total. The minimum Gasteiger partial charge on any atom is -0.493 e. The molecule has 9 heteroatoms. The van der Waals surface area contributed by atoms with Crippen LogP contribution in [0.2, 0.25) is 0 Å². The first-order chi connectivity index (χ1) is 21.3. The fraction of sp³-hybridized carbons (Fsp3) is 0.200. The number of esters is 1. The number of hydrogen-bond acceptors (Lipinski definition) is 8. The third-order valence-electron chi connectivity index (χ3n) is 7.19. The Kier molecular flexibility index (Phi) is 9.01. The highest BCUT2D eigenvalue weighted by atomic mass is 19.1. The van der Waals surface area contributed by atoms with Gasteiger partial charge in [-0.15, -0.1) is 0 Å². The molecule has 0 aromatic heterocycles. The quantitative estimate of drug-likeness (QED) is 0.159. The first-order valence-corrected chi connectivity index (χ1v) is 14.0. The number of fused-ring (bicyclic) bond motifs is 1.